The van der Waals surface area contributed by atoms with Crippen LogP contribution in [0.3, 0.4) is 0 Å². The molecule has 0 N–H and O–H groups in total. The zero-order chi connectivity index (χ0) is 15.6. The first-order valence-corrected chi connectivity index (χ1v) is 6.52. The van der Waals surface area contributed by atoms with Gasteiger partial charge in [0.15, 0.2) is 5.78 Å². The third kappa shape index (κ3) is 3.15. The number of methoxy groups -OCH3 is 1. The van der Waals surface area contributed by atoms with E-state index >= 15 is 0 Å². The third-order valence-corrected chi connectivity index (χ3v) is 3.45. The number of halogens is 2. The summed E-state index contributed by atoms with van der Waals surface area (Å²) in [5.74, 6) is 0.169. The second kappa shape index (κ2) is 6.11. The number of nitro groups is 1. The summed E-state index contributed by atoms with van der Waals surface area (Å²) >= 11 is 11.7. The molecule has 5 nitrogen and oxygen atoms in total. The van der Waals surface area contributed by atoms with Gasteiger partial charge in [-0.3, -0.25) is 14.9 Å². The maximum absolute atomic E-state index is 12.4. The highest BCUT2D eigenvalue weighted by atomic mass is 35.5. The summed E-state index contributed by atoms with van der Waals surface area (Å²) in [6, 6.07) is 8.61. The molecule has 7 heteroatoms. The molecule has 0 aliphatic carbocycles. The molecule has 0 saturated carbocycles. The van der Waals surface area contributed by atoms with Crippen LogP contribution in [-0.4, -0.2) is 17.8 Å². The van der Waals surface area contributed by atoms with Crippen LogP contribution >= 0.6 is 23.2 Å². The summed E-state index contributed by atoms with van der Waals surface area (Å²) in [5, 5.41) is 10.8. The van der Waals surface area contributed by atoms with E-state index in [0.29, 0.717) is 11.3 Å². The van der Waals surface area contributed by atoms with E-state index in [1.165, 1.54) is 13.2 Å². The number of nitrogens with zero attached hydrogens (tertiary/aromatic N) is 1. The minimum atomic E-state index is -0.663. The van der Waals surface area contributed by atoms with E-state index in [1.807, 2.05) is 0 Å². The minimum Gasteiger partial charge on any atom is -0.497 e. The van der Waals surface area contributed by atoms with Gasteiger partial charge in [-0.05, 0) is 30.3 Å². The van der Waals surface area contributed by atoms with E-state index in [4.69, 9.17) is 27.9 Å². The highest BCUT2D eigenvalue weighted by Crippen LogP contribution is 2.32. The number of hydrogen-bond acceptors (Lipinski definition) is 4. The quantitative estimate of drug-likeness (QED) is 0.481. The lowest BCUT2D eigenvalue weighted by Gasteiger charge is -2.06. The fourth-order valence-electron chi connectivity index (χ4n) is 1.75. The monoisotopic (exact) mass is 325 g/mol. The van der Waals surface area contributed by atoms with E-state index in [-0.39, 0.29) is 21.3 Å². The van der Waals surface area contributed by atoms with Gasteiger partial charge in [0.25, 0.3) is 5.69 Å². The zero-order valence-corrected chi connectivity index (χ0v) is 12.3. The Hall–Kier alpha value is -2.11. The van der Waals surface area contributed by atoms with Gasteiger partial charge in [0.1, 0.15) is 10.8 Å². The number of carbonyl (C=O) groups excluding carboxylic acids is 1. The van der Waals surface area contributed by atoms with E-state index in [9.17, 15) is 14.9 Å². The fraction of sp³-hybridized carbons (Fsp3) is 0.0714. The van der Waals surface area contributed by atoms with Crippen molar-refractivity contribution in [1.29, 1.82) is 0 Å². The summed E-state index contributed by atoms with van der Waals surface area (Å²) in [6.45, 7) is 0. The van der Waals surface area contributed by atoms with Gasteiger partial charge in [-0.1, -0.05) is 23.2 Å². The highest BCUT2D eigenvalue weighted by molar-refractivity contribution is 6.38. The van der Waals surface area contributed by atoms with Gasteiger partial charge in [-0.15, -0.1) is 0 Å². The molecule has 0 aliphatic rings. The van der Waals surface area contributed by atoms with Crippen molar-refractivity contribution in [2.45, 2.75) is 0 Å². The van der Waals surface area contributed by atoms with Gasteiger partial charge >= 0.3 is 0 Å². The molecule has 0 amide bonds. The summed E-state index contributed by atoms with van der Waals surface area (Å²) in [7, 11) is 1.51. The molecule has 0 aromatic heterocycles. The van der Waals surface area contributed by atoms with Crippen LogP contribution in [-0.2, 0) is 0 Å². The van der Waals surface area contributed by atoms with Crippen molar-refractivity contribution in [2.75, 3.05) is 7.11 Å². The van der Waals surface area contributed by atoms with Crippen molar-refractivity contribution in [1.82, 2.24) is 0 Å². The smallest absolute Gasteiger partial charge is 0.288 e. The van der Waals surface area contributed by atoms with Crippen LogP contribution in [0, 0.1) is 10.1 Å². The average molecular weight is 326 g/mol. The number of carbonyl (C=O) groups is 1. The Kier molecular flexibility index (Phi) is 4.45. The van der Waals surface area contributed by atoms with Gasteiger partial charge in [0.2, 0.25) is 0 Å². The normalized spacial score (nSPS) is 10.2. The molecule has 2 rings (SSSR count). The Bertz CT molecular complexity index is 714. The van der Waals surface area contributed by atoms with E-state index in [1.54, 1.807) is 24.3 Å². The third-order valence-electron chi connectivity index (χ3n) is 2.83. The van der Waals surface area contributed by atoms with Gasteiger partial charge in [0, 0.05) is 17.2 Å². The molecule has 2 aromatic carbocycles. The van der Waals surface area contributed by atoms with Crippen LogP contribution in [0.5, 0.6) is 5.75 Å². The molecule has 0 heterocycles. The predicted octanol–water partition coefficient (Wildman–Crippen LogP) is 4.14. The van der Waals surface area contributed by atoms with Gasteiger partial charge < -0.3 is 4.74 Å². The van der Waals surface area contributed by atoms with Crippen LogP contribution in [0.2, 0.25) is 10.0 Å². The number of benzene rings is 2. The average Bonchev–Trinajstić information content (AvgIpc) is 2.46. The van der Waals surface area contributed by atoms with Gasteiger partial charge in [0.05, 0.1) is 17.1 Å². The van der Waals surface area contributed by atoms with Gasteiger partial charge in [-0.2, -0.15) is 0 Å². The minimum absolute atomic E-state index is 0.0259. The Balaban J connectivity index is 2.47. The second-order valence-corrected chi connectivity index (χ2v) is 4.91. The lowest BCUT2D eigenvalue weighted by atomic mass is 10.0. The zero-order valence-electron chi connectivity index (χ0n) is 10.8. The van der Waals surface area contributed by atoms with Crippen molar-refractivity contribution in [3.8, 4) is 5.75 Å². The molecule has 0 radical (unpaired) electrons. The molecule has 0 spiro atoms. The second-order valence-electron chi connectivity index (χ2n) is 4.10. The first-order valence-electron chi connectivity index (χ1n) is 5.76. The Labute approximate surface area is 130 Å². The predicted molar refractivity (Wildman–Crippen MR) is 79.5 cm³/mol. The Morgan fingerprint density at radius 1 is 1.14 bits per heavy atom. The highest BCUT2D eigenvalue weighted by Gasteiger charge is 2.21. The molecule has 0 unspecified atom stereocenters. The van der Waals surface area contributed by atoms with Crippen LogP contribution in [0.25, 0.3) is 0 Å². The van der Waals surface area contributed by atoms with Crippen molar-refractivity contribution in [3.05, 3.63) is 67.7 Å². The number of nitro benzene ring substituents is 1. The summed E-state index contributed by atoms with van der Waals surface area (Å²) in [4.78, 5) is 22.6. The van der Waals surface area contributed by atoms with Crippen LogP contribution in [0.4, 0.5) is 5.69 Å². The summed E-state index contributed by atoms with van der Waals surface area (Å²) < 4.78 is 5.00. The molecule has 21 heavy (non-hydrogen) atoms. The molecular formula is C14H9Cl2NO4. The van der Waals surface area contributed by atoms with Crippen LogP contribution in [0.1, 0.15) is 15.9 Å². The number of rotatable bonds is 4. The number of ketones is 1. The van der Waals surface area contributed by atoms with E-state index < -0.39 is 10.7 Å². The summed E-state index contributed by atoms with van der Waals surface area (Å²) in [5.41, 5.74) is 0.00480. The van der Waals surface area contributed by atoms with Crippen molar-refractivity contribution >= 4 is 34.7 Å². The van der Waals surface area contributed by atoms with Crippen LogP contribution < -0.4 is 4.74 Å². The van der Waals surface area contributed by atoms with Crippen molar-refractivity contribution < 1.29 is 14.5 Å². The molecule has 0 fully saturated rings. The molecule has 0 atom stereocenters. The largest absolute Gasteiger partial charge is 0.497 e. The van der Waals surface area contributed by atoms with Crippen molar-refractivity contribution in [2.24, 2.45) is 0 Å². The SMILES string of the molecule is COc1ccc(C(=O)c2cc([N+](=O)[O-])c(Cl)cc2Cl)cc1. The lowest BCUT2D eigenvalue weighted by molar-refractivity contribution is -0.384. The lowest BCUT2D eigenvalue weighted by Crippen LogP contribution is -2.03. The van der Waals surface area contributed by atoms with E-state index in [2.05, 4.69) is 0 Å². The first-order chi connectivity index (χ1) is 9.93. The maximum Gasteiger partial charge on any atom is 0.288 e. The molecule has 0 saturated heterocycles. The maximum atomic E-state index is 12.4. The molecular weight excluding hydrogens is 317 g/mol. The van der Waals surface area contributed by atoms with E-state index in [0.717, 1.165) is 6.07 Å². The van der Waals surface area contributed by atoms with Gasteiger partial charge in [-0.25, -0.2) is 0 Å². The van der Waals surface area contributed by atoms with Crippen LogP contribution in [0.15, 0.2) is 36.4 Å². The first kappa shape index (κ1) is 15.3. The molecule has 0 aliphatic heterocycles. The number of ether oxygens (including phenoxy) is 1. The molecule has 108 valence electrons. The summed E-state index contributed by atoms with van der Waals surface area (Å²) in [6.07, 6.45) is 0. The molecule has 2 aromatic rings. The Morgan fingerprint density at radius 3 is 2.29 bits per heavy atom. The Morgan fingerprint density at radius 2 is 1.76 bits per heavy atom. The standard InChI is InChI=1S/C14H9Cl2NO4/c1-21-9-4-2-8(3-5-9)14(18)10-6-13(17(19)20)12(16)7-11(10)15/h2-7H,1H3. The topological polar surface area (TPSA) is 69.4 Å². The fourth-order valence-corrected chi connectivity index (χ4v) is 2.29. The molecule has 0 bridgehead atoms. The number of hydrogen-bond donors (Lipinski definition) is 0. The van der Waals surface area contributed by atoms with Crippen molar-refractivity contribution in [3.63, 3.8) is 0 Å².